The molecule has 1 heterocycles. The van der Waals surface area contributed by atoms with Crippen molar-refractivity contribution in [1.82, 2.24) is 5.32 Å². The van der Waals surface area contributed by atoms with E-state index >= 15 is 0 Å². The molecule has 6 nitrogen and oxygen atoms in total. The molecule has 40 heavy (non-hydrogen) atoms. The number of anilines is 2. The van der Waals surface area contributed by atoms with Crippen molar-refractivity contribution in [2.45, 2.75) is 37.3 Å². The second-order valence-electron chi connectivity index (χ2n) is 9.15. The molecule has 3 N–H and O–H groups in total. The fourth-order valence-electron chi connectivity index (χ4n) is 4.01. The van der Waals surface area contributed by atoms with Crippen LogP contribution in [0, 0.1) is 13.8 Å². The highest BCUT2D eigenvalue weighted by molar-refractivity contribution is 8.00. The predicted molar refractivity (Wildman–Crippen MR) is 166 cm³/mol. The van der Waals surface area contributed by atoms with Crippen LogP contribution in [0.3, 0.4) is 0 Å². The van der Waals surface area contributed by atoms with Crippen molar-refractivity contribution >= 4 is 58.3 Å². The van der Waals surface area contributed by atoms with E-state index in [4.69, 9.17) is 0 Å². The van der Waals surface area contributed by atoms with Crippen LogP contribution in [-0.4, -0.2) is 23.0 Å². The third-order valence-electron chi connectivity index (χ3n) is 6.12. The molecular formula is C32H31N3O3S2. The molecule has 0 saturated carbocycles. The number of para-hydroxylation sites is 1. The highest BCUT2D eigenvalue weighted by Crippen LogP contribution is 2.30. The van der Waals surface area contributed by atoms with Crippen LogP contribution in [0.5, 0.6) is 0 Å². The van der Waals surface area contributed by atoms with Gasteiger partial charge < -0.3 is 16.0 Å². The van der Waals surface area contributed by atoms with Gasteiger partial charge in [-0.05, 0) is 79.2 Å². The van der Waals surface area contributed by atoms with E-state index in [1.54, 1.807) is 36.4 Å². The lowest BCUT2D eigenvalue weighted by atomic mass is 10.1. The highest BCUT2D eigenvalue weighted by atomic mass is 32.2. The van der Waals surface area contributed by atoms with Crippen LogP contribution in [0.4, 0.5) is 11.4 Å². The summed E-state index contributed by atoms with van der Waals surface area (Å²) in [5.41, 5.74) is 4.03. The number of hydrogen-bond donors (Lipinski definition) is 3. The van der Waals surface area contributed by atoms with Crippen LogP contribution in [-0.2, 0) is 9.59 Å². The molecule has 0 spiro atoms. The van der Waals surface area contributed by atoms with Crippen LogP contribution in [0.1, 0.15) is 39.7 Å². The van der Waals surface area contributed by atoms with E-state index in [0.29, 0.717) is 17.7 Å². The van der Waals surface area contributed by atoms with Crippen molar-refractivity contribution in [3.8, 4) is 0 Å². The number of thioether (sulfide) groups is 1. The molecule has 1 unspecified atom stereocenters. The maximum atomic E-state index is 13.3. The monoisotopic (exact) mass is 569 g/mol. The van der Waals surface area contributed by atoms with Crippen LogP contribution >= 0.6 is 23.1 Å². The third-order valence-corrected chi connectivity index (χ3v) is 8.30. The summed E-state index contributed by atoms with van der Waals surface area (Å²) in [6.45, 7) is 5.93. The summed E-state index contributed by atoms with van der Waals surface area (Å²) in [6, 6.07) is 25.8. The third kappa shape index (κ3) is 7.71. The van der Waals surface area contributed by atoms with Gasteiger partial charge in [-0.3, -0.25) is 14.4 Å². The van der Waals surface area contributed by atoms with Crippen molar-refractivity contribution in [2.24, 2.45) is 0 Å². The minimum Gasteiger partial charge on any atom is -0.325 e. The number of nitrogens with one attached hydrogen (secondary N) is 3. The zero-order valence-corrected chi connectivity index (χ0v) is 24.2. The zero-order valence-electron chi connectivity index (χ0n) is 22.6. The smallest absolute Gasteiger partial charge is 0.272 e. The van der Waals surface area contributed by atoms with Gasteiger partial charge in [0.1, 0.15) is 5.70 Å². The average Bonchev–Trinajstić information content (AvgIpc) is 3.47. The first-order valence-corrected chi connectivity index (χ1v) is 14.7. The largest absolute Gasteiger partial charge is 0.325 e. The van der Waals surface area contributed by atoms with Crippen LogP contribution in [0.2, 0.25) is 0 Å². The first-order valence-electron chi connectivity index (χ1n) is 12.9. The Morgan fingerprint density at radius 3 is 2.27 bits per heavy atom. The molecule has 0 radical (unpaired) electrons. The Kier molecular flexibility index (Phi) is 9.94. The number of amides is 3. The lowest BCUT2D eigenvalue weighted by molar-refractivity contribution is -0.116. The number of hydrogen-bond acceptors (Lipinski definition) is 5. The zero-order chi connectivity index (χ0) is 28.5. The van der Waals surface area contributed by atoms with Gasteiger partial charge in [0.25, 0.3) is 11.8 Å². The molecule has 3 aromatic carbocycles. The standard InChI is InChI=1S/C32H31N3O3S2/c1-4-28(32(38)35-29-21(2)11-8-12-22(29)3)40-26-16-9-15-24(19-26)33-31(37)27(20-25-17-10-18-39-25)34-30(36)23-13-6-5-7-14-23/h5-20,28H,4H2,1-3H3,(H,33,37)(H,34,36)(H,35,38)/b27-20-. The van der Waals surface area contributed by atoms with Crippen molar-refractivity contribution in [2.75, 3.05) is 10.6 Å². The molecule has 4 rings (SSSR count). The van der Waals surface area contributed by atoms with E-state index in [2.05, 4.69) is 16.0 Å². The molecule has 0 aliphatic carbocycles. The average molecular weight is 570 g/mol. The van der Waals surface area contributed by atoms with E-state index in [1.807, 2.05) is 80.7 Å². The normalized spacial score (nSPS) is 11.9. The number of benzene rings is 3. The Labute approximate surface area is 242 Å². The predicted octanol–water partition coefficient (Wildman–Crippen LogP) is 7.28. The van der Waals surface area contributed by atoms with Gasteiger partial charge in [0.15, 0.2) is 0 Å². The van der Waals surface area contributed by atoms with E-state index < -0.39 is 5.91 Å². The minimum absolute atomic E-state index is 0.0656. The van der Waals surface area contributed by atoms with Crippen LogP contribution in [0.15, 0.2) is 101 Å². The second-order valence-corrected chi connectivity index (χ2v) is 11.4. The Balaban J connectivity index is 1.48. The molecule has 0 bridgehead atoms. The fourth-order valence-corrected chi connectivity index (χ4v) is 5.68. The molecule has 3 amide bonds. The van der Waals surface area contributed by atoms with Gasteiger partial charge in [0.2, 0.25) is 5.91 Å². The first kappa shape index (κ1) is 28.9. The van der Waals surface area contributed by atoms with Crippen molar-refractivity contribution < 1.29 is 14.4 Å². The van der Waals surface area contributed by atoms with E-state index in [9.17, 15) is 14.4 Å². The second kappa shape index (κ2) is 13.8. The molecule has 0 saturated heterocycles. The first-order chi connectivity index (χ1) is 19.3. The maximum Gasteiger partial charge on any atom is 0.272 e. The number of thiophene rings is 1. The SMILES string of the molecule is CCC(Sc1cccc(NC(=O)/C(=C/c2cccs2)NC(=O)c2ccccc2)c1)C(=O)Nc1c(C)cccc1C. The van der Waals surface area contributed by atoms with Crippen molar-refractivity contribution in [1.29, 1.82) is 0 Å². The van der Waals surface area contributed by atoms with Crippen molar-refractivity contribution in [3.05, 3.63) is 118 Å². The summed E-state index contributed by atoms with van der Waals surface area (Å²) < 4.78 is 0. The Bertz CT molecular complexity index is 1500. The number of aryl methyl sites for hydroxylation is 2. The Morgan fingerprint density at radius 1 is 0.875 bits per heavy atom. The van der Waals surface area contributed by atoms with Crippen LogP contribution in [0.25, 0.3) is 6.08 Å². The Morgan fingerprint density at radius 2 is 1.60 bits per heavy atom. The topological polar surface area (TPSA) is 87.3 Å². The highest BCUT2D eigenvalue weighted by Gasteiger charge is 2.20. The molecule has 0 fully saturated rings. The molecule has 0 aliphatic heterocycles. The summed E-state index contributed by atoms with van der Waals surface area (Å²) in [6.07, 6.45) is 2.29. The lowest BCUT2D eigenvalue weighted by Crippen LogP contribution is -2.30. The van der Waals surface area contributed by atoms with Crippen LogP contribution < -0.4 is 16.0 Å². The van der Waals surface area contributed by atoms with Gasteiger partial charge in [0.05, 0.1) is 5.25 Å². The molecule has 204 valence electrons. The Hall–Kier alpha value is -4.14. The molecule has 1 atom stereocenters. The quantitative estimate of drug-likeness (QED) is 0.138. The number of rotatable bonds is 10. The van der Waals surface area contributed by atoms with Gasteiger partial charge in [-0.25, -0.2) is 0 Å². The molecule has 1 aromatic heterocycles. The van der Waals surface area contributed by atoms with Gasteiger partial charge in [-0.15, -0.1) is 23.1 Å². The van der Waals surface area contributed by atoms with Crippen molar-refractivity contribution in [3.63, 3.8) is 0 Å². The van der Waals surface area contributed by atoms with Gasteiger partial charge in [0, 0.05) is 26.7 Å². The van der Waals surface area contributed by atoms with E-state index in [0.717, 1.165) is 26.6 Å². The summed E-state index contributed by atoms with van der Waals surface area (Å²) in [5, 5.41) is 10.3. The fraction of sp³-hybridized carbons (Fsp3) is 0.156. The van der Waals surface area contributed by atoms with Gasteiger partial charge in [-0.1, -0.05) is 55.5 Å². The summed E-state index contributed by atoms with van der Waals surface area (Å²) in [7, 11) is 0. The lowest BCUT2D eigenvalue weighted by Gasteiger charge is -2.18. The number of carbonyl (C=O) groups is 3. The summed E-state index contributed by atoms with van der Waals surface area (Å²) in [5.74, 6) is -0.882. The van der Waals surface area contributed by atoms with Gasteiger partial charge >= 0.3 is 0 Å². The molecule has 0 aliphatic rings. The summed E-state index contributed by atoms with van der Waals surface area (Å²) >= 11 is 2.91. The van der Waals surface area contributed by atoms with Gasteiger partial charge in [-0.2, -0.15) is 0 Å². The maximum absolute atomic E-state index is 13.3. The minimum atomic E-state index is -0.445. The van der Waals surface area contributed by atoms with E-state index in [-0.39, 0.29) is 22.8 Å². The molecule has 8 heteroatoms. The summed E-state index contributed by atoms with van der Waals surface area (Å²) in [4.78, 5) is 40.9. The van der Waals surface area contributed by atoms with E-state index in [1.165, 1.54) is 23.1 Å². The molecule has 4 aromatic rings. The molecular weight excluding hydrogens is 539 g/mol. The number of carbonyl (C=O) groups excluding carboxylic acids is 3.